The van der Waals surface area contributed by atoms with E-state index in [-0.39, 0.29) is 5.41 Å². The van der Waals surface area contributed by atoms with Crippen molar-refractivity contribution in [2.75, 3.05) is 26.7 Å². The smallest absolute Gasteiger partial charge is 0.243 e. The second kappa shape index (κ2) is 7.32. The molecule has 0 amide bonds. The molecule has 130 valence electrons. The molecule has 0 saturated carbocycles. The second-order valence-electron chi connectivity index (χ2n) is 7.51. The first-order chi connectivity index (χ1) is 10.7. The zero-order valence-corrected chi connectivity index (χ0v) is 15.6. The van der Waals surface area contributed by atoms with Crippen molar-refractivity contribution in [3.05, 3.63) is 29.8 Å². The van der Waals surface area contributed by atoms with E-state index in [0.29, 0.717) is 23.9 Å². The minimum Gasteiger partial charge on any atom is -0.320 e. The van der Waals surface area contributed by atoms with Crippen LogP contribution in [-0.4, -0.2) is 39.4 Å². The lowest BCUT2D eigenvalue weighted by Gasteiger charge is -2.31. The van der Waals surface area contributed by atoms with E-state index in [1.165, 1.54) is 0 Å². The van der Waals surface area contributed by atoms with Gasteiger partial charge in [0.15, 0.2) is 0 Å². The summed E-state index contributed by atoms with van der Waals surface area (Å²) in [4.78, 5) is 0.416. The zero-order chi connectivity index (χ0) is 17.1. The number of benzene rings is 1. The molecule has 0 aliphatic carbocycles. The first-order valence-corrected chi connectivity index (χ1v) is 9.94. The van der Waals surface area contributed by atoms with Gasteiger partial charge in [0.2, 0.25) is 10.0 Å². The van der Waals surface area contributed by atoms with Crippen LogP contribution in [0, 0.1) is 5.92 Å². The zero-order valence-electron chi connectivity index (χ0n) is 14.8. The minimum absolute atomic E-state index is 0.0357. The maximum Gasteiger partial charge on any atom is 0.243 e. The summed E-state index contributed by atoms with van der Waals surface area (Å²) in [5, 5.41) is 3.17. The molecule has 0 aromatic heterocycles. The average molecular weight is 339 g/mol. The number of sulfonamides is 1. The molecule has 0 radical (unpaired) electrons. The van der Waals surface area contributed by atoms with Gasteiger partial charge in [-0.05, 0) is 61.9 Å². The fourth-order valence-corrected chi connectivity index (χ4v) is 4.53. The topological polar surface area (TPSA) is 49.4 Å². The van der Waals surface area contributed by atoms with Gasteiger partial charge in [-0.1, -0.05) is 32.9 Å². The molecule has 1 heterocycles. The standard InChI is InChI=1S/C18H30N2O2S/c1-18(2,3)16-5-7-17(8-6-16)23(21,22)20-13-10-15(11-14-20)9-12-19-4/h5-8,15,19H,9-14H2,1-4H3. The summed E-state index contributed by atoms with van der Waals surface area (Å²) in [6, 6.07) is 7.38. The number of hydrogen-bond donors (Lipinski definition) is 1. The van der Waals surface area contributed by atoms with Crippen LogP contribution in [0.25, 0.3) is 0 Å². The molecule has 2 rings (SSSR count). The third-order valence-electron chi connectivity index (χ3n) is 4.73. The quantitative estimate of drug-likeness (QED) is 0.898. The summed E-state index contributed by atoms with van der Waals surface area (Å²) in [7, 11) is -1.39. The van der Waals surface area contributed by atoms with Crippen LogP contribution < -0.4 is 5.32 Å². The van der Waals surface area contributed by atoms with Crippen LogP contribution in [0.5, 0.6) is 0 Å². The predicted molar refractivity (Wildman–Crippen MR) is 95.2 cm³/mol. The highest BCUT2D eigenvalue weighted by atomic mass is 32.2. The Morgan fingerprint density at radius 1 is 1.13 bits per heavy atom. The van der Waals surface area contributed by atoms with Gasteiger partial charge in [-0.2, -0.15) is 4.31 Å². The number of nitrogens with one attached hydrogen (secondary N) is 1. The van der Waals surface area contributed by atoms with Crippen molar-refractivity contribution in [3.63, 3.8) is 0 Å². The Hall–Kier alpha value is -0.910. The highest BCUT2D eigenvalue weighted by Gasteiger charge is 2.29. The molecule has 0 spiro atoms. The van der Waals surface area contributed by atoms with Gasteiger partial charge in [0.25, 0.3) is 0 Å². The molecule has 5 heteroatoms. The van der Waals surface area contributed by atoms with Gasteiger partial charge in [-0.15, -0.1) is 0 Å². The van der Waals surface area contributed by atoms with E-state index in [1.54, 1.807) is 16.4 Å². The van der Waals surface area contributed by atoms with E-state index >= 15 is 0 Å². The number of rotatable bonds is 5. The molecule has 1 fully saturated rings. The summed E-state index contributed by atoms with van der Waals surface area (Å²) < 4.78 is 27.2. The summed E-state index contributed by atoms with van der Waals surface area (Å²) in [5.41, 5.74) is 1.19. The highest BCUT2D eigenvalue weighted by molar-refractivity contribution is 7.89. The van der Waals surface area contributed by atoms with Crippen molar-refractivity contribution < 1.29 is 8.42 Å². The summed E-state index contributed by atoms with van der Waals surface area (Å²) in [5.74, 6) is 0.636. The lowest BCUT2D eigenvalue weighted by Crippen LogP contribution is -2.38. The number of nitrogens with zero attached hydrogens (tertiary/aromatic N) is 1. The number of piperidine rings is 1. The highest BCUT2D eigenvalue weighted by Crippen LogP contribution is 2.27. The molecular weight excluding hydrogens is 308 g/mol. The molecular formula is C18H30N2O2S. The van der Waals surface area contributed by atoms with Gasteiger partial charge in [-0.25, -0.2) is 8.42 Å². The third kappa shape index (κ3) is 4.55. The van der Waals surface area contributed by atoms with Crippen LogP contribution in [0.2, 0.25) is 0 Å². The van der Waals surface area contributed by atoms with Gasteiger partial charge in [0.05, 0.1) is 4.90 Å². The van der Waals surface area contributed by atoms with Gasteiger partial charge in [-0.3, -0.25) is 0 Å². The Morgan fingerprint density at radius 3 is 2.17 bits per heavy atom. The van der Waals surface area contributed by atoms with E-state index in [0.717, 1.165) is 31.4 Å². The molecule has 1 saturated heterocycles. The van der Waals surface area contributed by atoms with E-state index < -0.39 is 10.0 Å². The molecule has 1 aliphatic heterocycles. The number of hydrogen-bond acceptors (Lipinski definition) is 3. The summed E-state index contributed by atoms with van der Waals surface area (Å²) in [6.07, 6.45) is 3.05. The molecule has 1 aromatic rings. The largest absolute Gasteiger partial charge is 0.320 e. The second-order valence-corrected chi connectivity index (χ2v) is 9.45. The van der Waals surface area contributed by atoms with Gasteiger partial charge < -0.3 is 5.32 Å². The van der Waals surface area contributed by atoms with Crippen LogP contribution in [0.1, 0.15) is 45.6 Å². The van der Waals surface area contributed by atoms with E-state index in [4.69, 9.17) is 0 Å². The molecule has 0 unspecified atom stereocenters. The fraction of sp³-hybridized carbons (Fsp3) is 0.667. The normalized spacial score (nSPS) is 18.3. The fourth-order valence-electron chi connectivity index (χ4n) is 3.06. The SMILES string of the molecule is CNCCC1CCN(S(=O)(=O)c2ccc(C(C)(C)C)cc2)CC1. The van der Waals surface area contributed by atoms with Gasteiger partial charge >= 0.3 is 0 Å². The Morgan fingerprint density at radius 2 is 1.70 bits per heavy atom. The van der Waals surface area contributed by atoms with Gasteiger partial charge in [0, 0.05) is 13.1 Å². The lowest BCUT2D eigenvalue weighted by atomic mass is 9.87. The van der Waals surface area contributed by atoms with Crippen molar-refractivity contribution in [1.29, 1.82) is 0 Å². The maximum absolute atomic E-state index is 12.8. The third-order valence-corrected chi connectivity index (χ3v) is 6.65. The molecule has 0 atom stereocenters. The van der Waals surface area contributed by atoms with E-state index in [1.807, 2.05) is 19.2 Å². The van der Waals surface area contributed by atoms with Crippen molar-refractivity contribution in [2.45, 2.75) is 50.3 Å². The summed E-state index contributed by atoms with van der Waals surface area (Å²) >= 11 is 0. The first kappa shape index (κ1) is 18.4. The van der Waals surface area contributed by atoms with E-state index in [9.17, 15) is 8.42 Å². The molecule has 1 aromatic carbocycles. The van der Waals surface area contributed by atoms with Crippen molar-refractivity contribution >= 4 is 10.0 Å². The predicted octanol–water partition coefficient (Wildman–Crippen LogP) is 2.99. The molecule has 1 N–H and O–H groups in total. The Kier molecular flexibility index (Phi) is 5.87. The molecule has 0 bridgehead atoms. The summed E-state index contributed by atoms with van der Waals surface area (Å²) in [6.45, 7) is 8.67. The minimum atomic E-state index is -3.35. The van der Waals surface area contributed by atoms with Crippen molar-refractivity contribution in [2.24, 2.45) is 5.92 Å². The monoisotopic (exact) mass is 338 g/mol. The first-order valence-electron chi connectivity index (χ1n) is 8.50. The Labute approximate surface area is 141 Å². The average Bonchev–Trinajstić information content (AvgIpc) is 2.52. The van der Waals surface area contributed by atoms with Crippen LogP contribution in [0.15, 0.2) is 29.2 Å². The van der Waals surface area contributed by atoms with Crippen LogP contribution in [0.4, 0.5) is 0 Å². The molecule has 23 heavy (non-hydrogen) atoms. The van der Waals surface area contributed by atoms with Crippen LogP contribution in [-0.2, 0) is 15.4 Å². The Bertz CT molecular complexity index is 595. The van der Waals surface area contributed by atoms with Crippen LogP contribution in [0.3, 0.4) is 0 Å². The molecule has 4 nitrogen and oxygen atoms in total. The van der Waals surface area contributed by atoms with Crippen LogP contribution >= 0.6 is 0 Å². The molecule has 1 aliphatic rings. The van der Waals surface area contributed by atoms with E-state index in [2.05, 4.69) is 26.1 Å². The Balaban J connectivity index is 2.05. The maximum atomic E-state index is 12.8. The van der Waals surface area contributed by atoms with Crippen molar-refractivity contribution in [1.82, 2.24) is 9.62 Å². The van der Waals surface area contributed by atoms with Crippen molar-refractivity contribution in [3.8, 4) is 0 Å². The van der Waals surface area contributed by atoms with Gasteiger partial charge in [0.1, 0.15) is 0 Å². The lowest BCUT2D eigenvalue weighted by molar-refractivity contribution is 0.263.